The lowest BCUT2D eigenvalue weighted by Gasteiger charge is -2.21. The van der Waals surface area contributed by atoms with Crippen LogP contribution in [0, 0.1) is 5.92 Å². The predicted octanol–water partition coefficient (Wildman–Crippen LogP) is -0.928. The van der Waals surface area contributed by atoms with E-state index in [2.05, 4.69) is 5.32 Å². The molecule has 1 heterocycles. The summed E-state index contributed by atoms with van der Waals surface area (Å²) < 4.78 is 0. The van der Waals surface area contributed by atoms with Crippen LogP contribution in [0.25, 0.3) is 0 Å². The lowest BCUT2D eigenvalue weighted by Crippen LogP contribution is -2.50. The number of carboxylic acids is 1. The van der Waals surface area contributed by atoms with Gasteiger partial charge in [-0.1, -0.05) is 13.8 Å². The first kappa shape index (κ1) is 15.8. The number of carboxylic acid groups (broad SMARTS) is 1. The molecule has 0 aromatic heterocycles. The van der Waals surface area contributed by atoms with Crippen molar-refractivity contribution in [2.24, 2.45) is 11.7 Å². The zero-order valence-corrected chi connectivity index (χ0v) is 11.8. The Kier molecular flexibility index (Phi) is 5.61. The Bertz CT molecular complexity index is 375. The summed E-state index contributed by atoms with van der Waals surface area (Å²) in [4.78, 5) is 35.6. The number of rotatable bonds is 5. The van der Waals surface area contributed by atoms with Gasteiger partial charge in [-0.15, -0.1) is 11.8 Å². The normalized spacial score (nSPS) is 20.4. The standard InChI is InChI=1S/C11H19N3O4S/c1-6(2)9(12)10(16)13-3-8(15)14-5-19-4-7(14)11(17)18/h6-7,9H,3-5,12H2,1-2H3,(H,13,16)(H,17,18)/t7?,9-/m0/s1. The second-order valence-electron chi connectivity index (χ2n) is 4.71. The maximum Gasteiger partial charge on any atom is 0.327 e. The molecule has 0 saturated carbocycles. The van der Waals surface area contributed by atoms with Crippen molar-refractivity contribution < 1.29 is 19.5 Å². The van der Waals surface area contributed by atoms with Gasteiger partial charge >= 0.3 is 5.97 Å². The van der Waals surface area contributed by atoms with E-state index in [1.807, 2.05) is 13.8 Å². The van der Waals surface area contributed by atoms with Crippen molar-refractivity contribution in [2.45, 2.75) is 25.9 Å². The minimum atomic E-state index is -1.02. The molecule has 1 saturated heterocycles. The summed E-state index contributed by atoms with van der Waals surface area (Å²) in [5.74, 6) is -1.14. The summed E-state index contributed by atoms with van der Waals surface area (Å²) in [6.07, 6.45) is 0. The van der Waals surface area contributed by atoms with E-state index in [0.717, 1.165) is 0 Å². The summed E-state index contributed by atoms with van der Waals surface area (Å²) in [5, 5.41) is 11.4. The van der Waals surface area contributed by atoms with Gasteiger partial charge in [-0.3, -0.25) is 9.59 Å². The van der Waals surface area contributed by atoms with E-state index in [1.54, 1.807) is 0 Å². The van der Waals surface area contributed by atoms with Gasteiger partial charge in [0, 0.05) is 5.75 Å². The Morgan fingerprint density at radius 1 is 1.47 bits per heavy atom. The summed E-state index contributed by atoms with van der Waals surface area (Å²) in [6, 6.07) is -1.48. The Morgan fingerprint density at radius 3 is 2.63 bits per heavy atom. The second kappa shape index (κ2) is 6.76. The van der Waals surface area contributed by atoms with Crippen LogP contribution < -0.4 is 11.1 Å². The first-order valence-corrected chi connectivity index (χ1v) is 7.13. The third kappa shape index (κ3) is 4.10. The van der Waals surface area contributed by atoms with Crippen molar-refractivity contribution in [3.8, 4) is 0 Å². The van der Waals surface area contributed by atoms with Crippen LogP contribution in [0.15, 0.2) is 0 Å². The minimum Gasteiger partial charge on any atom is -0.480 e. The monoisotopic (exact) mass is 289 g/mol. The van der Waals surface area contributed by atoms with Crippen molar-refractivity contribution >= 4 is 29.5 Å². The fraction of sp³-hybridized carbons (Fsp3) is 0.727. The van der Waals surface area contributed by atoms with Gasteiger partial charge in [-0.2, -0.15) is 0 Å². The average molecular weight is 289 g/mol. The van der Waals surface area contributed by atoms with E-state index in [4.69, 9.17) is 10.8 Å². The van der Waals surface area contributed by atoms with E-state index in [1.165, 1.54) is 16.7 Å². The molecule has 0 aromatic carbocycles. The van der Waals surface area contributed by atoms with Crippen molar-refractivity contribution in [2.75, 3.05) is 18.2 Å². The Labute approximate surface area is 115 Å². The molecule has 8 heteroatoms. The number of carbonyl (C=O) groups excluding carboxylic acids is 2. The predicted molar refractivity (Wildman–Crippen MR) is 71.4 cm³/mol. The highest BCUT2D eigenvalue weighted by Gasteiger charge is 2.34. The highest BCUT2D eigenvalue weighted by molar-refractivity contribution is 7.99. The third-order valence-electron chi connectivity index (χ3n) is 2.92. The number of nitrogens with two attached hydrogens (primary N) is 1. The number of hydrogen-bond donors (Lipinski definition) is 3. The molecule has 1 rings (SSSR count). The Morgan fingerprint density at radius 2 is 2.11 bits per heavy atom. The number of carbonyl (C=O) groups is 3. The largest absolute Gasteiger partial charge is 0.480 e. The molecule has 1 aliphatic heterocycles. The van der Waals surface area contributed by atoms with Crippen molar-refractivity contribution in [3.05, 3.63) is 0 Å². The fourth-order valence-corrected chi connectivity index (χ4v) is 2.75. The number of thioether (sulfide) groups is 1. The van der Waals surface area contributed by atoms with Crippen LogP contribution in [-0.4, -0.2) is 58.0 Å². The molecule has 19 heavy (non-hydrogen) atoms. The molecule has 7 nitrogen and oxygen atoms in total. The molecule has 0 radical (unpaired) electrons. The highest BCUT2D eigenvalue weighted by Crippen LogP contribution is 2.20. The summed E-state index contributed by atoms with van der Waals surface area (Å²) in [5.41, 5.74) is 5.64. The maximum absolute atomic E-state index is 11.9. The quantitative estimate of drug-likeness (QED) is 0.603. The van der Waals surface area contributed by atoms with Crippen molar-refractivity contribution in [1.29, 1.82) is 0 Å². The molecular weight excluding hydrogens is 270 g/mol. The van der Waals surface area contributed by atoms with E-state index in [-0.39, 0.29) is 12.5 Å². The number of aliphatic carboxylic acids is 1. The molecule has 2 atom stereocenters. The molecule has 0 spiro atoms. The molecular formula is C11H19N3O4S. The summed E-state index contributed by atoms with van der Waals surface area (Å²) >= 11 is 1.38. The van der Waals surface area contributed by atoms with Gasteiger partial charge in [0.2, 0.25) is 11.8 Å². The van der Waals surface area contributed by atoms with Gasteiger partial charge in [0.05, 0.1) is 18.5 Å². The van der Waals surface area contributed by atoms with Crippen molar-refractivity contribution in [1.82, 2.24) is 10.2 Å². The SMILES string of the molecule is CC(C)[C@H](N)C(=O)NCC(=O)N1CSCC1C(=O)O. The number of nitrogens with zero attached hydrogens (tertiary/aromatic N) is 1. The molecule has 2 amide bonds. The highest BCUT2D eigenvalue weighted by atomic mass is 32.2. The van der Waals surface area contributed by atoms with Gasteiger partial charge in [0.15, 0.2) is 0 Å². The number of amides is 2. The first-order valence-electron chi connectivity index (χ1n) is 5.98. The van der Waals surface area contributed by atoms with E-state index in [9.17, 15) is 14.4 Å². The van der Waals surface area contributed by atoms with E-state index < -0.39 is 29.9 Å². The van der Waals surface area contributed by atoms with Crippen molar-refractivity contribution in [3.63, 3.8) is 0 Å². The van der Waals surface area contributed by atoms with E-state index >= 15 is 0 Å². The van der Waals surface area contributed by atoms with Crippen LogP contribution in [-0.2, 0) is 14.4 Å². The fourth-order valence-electron chi connectivity index (χ4n) is 1.58. The van der Waals surface area contributed by atoms with Gasteiger partial charge in [-0.25, -0.2) is 4.79 Å². The number of hydrogen-bond acceptors (Lipinski definition) is 5. The third-order valence-corrected chi connectivity index (χ3v) is 3.93. The molecule has 4 N–H and O–H groups in total. The molecule has 1 fully saturated rings. The molecule has 1 unspecified atom stereocenters. The zero-order valence-electron chi connectivity index (χ0n) is 11.0. The zero-order chi connectivity index (χ0) is 14.6. The van der Waals surface area contributed by atoms with Crippen LogP contribution in [0.1, 0.15) is 13.8 Å². The van der Waals surface area contributed by atoms with Gasteiger partial charge in [0.1, 0.15) is 6.04 Å². The second-order valence-corrected chi connectivity index (χ2v) is 5.70. The van der Waals surface area contributed by atoms with Gasteiger partial charge in [0.25, 0.3) is 0 Å². The lowest BCUT2D eigenvalue weighted by molar-refractivity contribution is -0.147. The average Bonchev–Trinajstić information content (AvgIpc) is 2.83. The number of nitrogens with one attached hydrogen (secondary N) is 1. The molecule has 1 aliphatic rings. The first-order chi connectivity index (χ1) is 8.84. The van der Waals surface area contributed by atoms with E-state index in [0.29, 0.717) is 11.6 Å². The van der Waals surface area contributed by atoms with Gasteiger partial charge < -0.3 is 21.1 Å². The molecule has 0 aliphatic carbocycles. The van der Waals surface area contributed by atoms with Crippen LogP contribution in [0.4, 0.5) is 0 Å². The minimum absolute atomic E-state index is 0.0239. The van der Waals surface area contributed by atoms with Crippen LogP contribution >= 0.6 is 11.8 Å². The smallest absolute Gasteiger partial charge is 0.327 e. The molecule has 0 aromatic rings. The molecule has 0 bridgehead atoms. The topological polar surface area (TPSA) is 113 Å². The van der Waals surface area contributed by atoms with Crippen LogP contribution in [0.2, 0.25) is 0 Å². The lowest BCUT2D eigenvalue weighted by atomic mass is 10.1. The van der Waals surface area contributed by atoms with Gasteiger partial charge in [-0.05, 0) is 5.92 Å². The molecule has 108 valence electrons. The maximum atomic E-state index is 11.9. The van der Waals surface area contributed by atoms with Crippen LogP contribution in [0.5, 0.6) is 0 Å². The summed E-state index contributed by atoms with van der Waals surface area (Å²) in [7, 11) is 0. The Balaban J connectivity index is 2.47. The van der Waals surface area contributed by atoms with Crippen LogP contribution in [0.3, 0.4) is 0 Å². The Hall–Kier alpha value is -1.28. The summed E-state index contributed by atoms with van der Waals surface area (Å²) in [6.45, 7) is 3.40.